The van der Waals surface area contributed by atoms with Crippen LogP contribution in [0.15, 0.2) is 47.1 Å². The van der Waals surface area contributed by atoms with Crippen LogP contribution in [0.1, 0.15) is 24.6 Å². The van der Waals surface area contributed by atoms with Crippen LogP contribution in [0.25, 0.3) is 0 Å². The van der Waals surface area contributed by atoms with Crippen LogP contribution in [0.5, 0.6) is 0 Å². The van der Waals surface area contributed by atoms with Gasteiger partial charge < -0.3 is 24.7 Å². The Balaban J connectivity index is 1.31. The smallest absolute Gasteiger partial charge is 0.309 e. The molecule has 2 fully saturated rings. The van der Waals surface area contributed by atoms with Crippen LogP contribution in [-0.4, -0.2) is 68.7 Å². The zero-order valence-corrected chi connectivity index (χ0v) is 18.0. The minimum absolute atomic E-state index is 0.0200. The number of piperazine rings is 1. The normalized spacial score (nSPS) is 20.2. The maximum atomic E-state index is 14.1. The average Bonchev–Trinajstić information content (AvgIpc) is 3.53. The van der Waals surface area contributed by atoms with Gasteiger partial charge in [-0.1, -0.05) is 12.1 Å². The standard InChI is InChI=1S/C23H29FN4O4/c24-18-6-1-2-7-19(18)27-9-11-28(12-10-27)20(21-8-4-14-32-21)16-26-23(30)22(29)25-15-17-5-3-13-31-17/h1-2,4,6-8,14,17,20H,3,5,9-13,15-16H2,(H,25,29)(H,26,30)/t17-,20+/m1/s1. The maximum Gasteiger partial charge on any atom is 0.309 e. The van der Waals surface area contributed by atoms with E-state index in [-0.39, 0.29) is 24.5 Å². The fourth-order valence-corrected chi connectivity index (χ4v) is 4.23. The molecule has 2 saturated heterocycles. The monoisotopic (exact) mass is 444 g/mol. The number of rotatable bonds is 7. The first-order valence-corrected chi connectivity index (χ1v) is 11.1. The lowest BCUT2D eigenvalue weighted by Gasteiger charge is -2.39. The Morgan fingerprint density at radius 3 is 2.53 bits per heavy atom. The number of benzene rings is 1. The molecule has 0 aliphatic carbocycles. The summed E-state index contributed by atoms with van der Waals surface area (Å²) in [5.41, 5.74) is 0.595. The van der Waals surface area contributed by atoms with Gasteiger partial charge in [-0.3, -0.25) is 14.5 Å². The van der Waals surface area contributed by atoms with Crippen LogP contribution in [0.4, 0.5) is 10.1 Å². The van der Waals surface area contributed by atoms with Crippen LogP contribution < -0.4 is 15.5 Å². The van der Waals surface area contributed by atoms with Crippen LogP contribution in [0, 0.1) is 5.82 Å². The Labute approximate surface area is 186 Å². The SMILES string of the molecule is O=C(NC[C@H]1CCCO1)C(=O)NC[C@@H](c1ccco1)N1CCN(c2ccccc2F)CC1. The second kappa shape index (κ2) is 10.6. The van der Waals surface area contributed by atoms with Crippen molar-refractivity contribution in [3.63, 3.8) is 0 Å². The molecule has 0 bridgehead atoms. The van der Waals surface area contributed by atoms with Crippen LogP contribution in [-0.2, 0) is 14.3 Å². The summed E-state index contributed by atoms with van der Waals surface area (Å²) in [5, 5.41) is 5.36. The third kappa shape index (κ3) is 5.46. The molecule has 8 nitrogen and oxygen atoms in total. The second-order valence-electron chi connectivity index (χ2n) is 8.06. The highest BCUT2D eigenvalue weighted by molar-refractivity contribution is 6.35. The molecule has 2 amide bonds. The first kappa shape index (κ1) is 22.3. The Bertz CT molecular complexity index is 893. The van der Waals surface area contributed by atoms with Crippen molar-refractivity contribution < 1.29 is 23.1 Å². The Morgan fingerprint density at radius 1 is 1.06 bits per heavy atom. The number of hydrogen-bond donors (Lipinski definition) is 2. The van der Waals surface area contributed by atoms with E-state index in [1.807, 2.05) is 17.0 Å². The van der Waals surface area contributed by atoms with Gasteiger partial charge in [0.05, 0.1) is 24.1 Å². The number of nitrogens with one attached hydrogen (secondary N) is 2. The van der Waals surface area contributed by atoms with Crippen molar-refractivity contribution in [1.29, 1.82) is 0 Å². The summed E-state index contributed by atoms with van der Waals surface area (Å²) in [4.78, 5) is 28.7. The Kier molecular flexibility index (Phi) is 7.39. The number of para-hydroxylation sites is 1. The van der Waals surface area contributed by atoms with E-state index in [2.05, 4.69) is 15.5 Å². The third-order valence-electron chi connectivity index (χ3n) is 6.00. The molecule has 0 saturated carbocycles. The summed E-state index contributed by atoms with van der Waals surface area (Å²) in [6, 6.07) is 10.2. The van der Waals surface area contributed by atoms with Crippen molar-refractivity contribution in [1.82, 2.24) is 15.5 Å². The van der Waals surface area contributed by atoms with E-state index < -0.39 is 11.8 Å². The summed E-state index contributed by atoms with van der Waals surface area (Å²) >= 11 is 0. The van der Waals surface area contributed by atoms with Crippen molar-refractivity contribution in [2.75, 3.05) is 50.8 Å². The molecule has 2 aliphatic heterocycles. The number of anilines is 1. The quantitative estimate of drug-likeness (QED) is 0.632. The molecule has 2 N–H and O–H groups in total. The van der Waals surface area contributed by atoms with Crippen LogP contribution >= 0.6 is 0 Å². The molecule has 2 aromatic rings. The highest BCUT2D eigenvalue weighted by Gasteiger charge is 2.29. The fraction of sp³-hybridized carbons (Fsp3) is 0.478. The zero-order chi connectivity index (χ0) is 22.3. The van der Waals surface area contributed by atoms with E-state index in [4.69, 9.17) is 9.15 Å². The van der Waals surface area contributed by atoms with Crippen molar-refractivity contribution in [3.05, 3.63) is 54.2 Å². The lowest BCUT2D eigenvalue weighted by atomic mass is 10.1. The van der Waals surface area contributed by atoms with E-state index >= 15 is 0 Å². The molecular weight excluding hydrogens is 415 g/mol. The summed E-state index contributed by atoms with van der Waals surface area (Å²) in [5.74, 6) is -0.859. The van der Waals surface area contributed by atoms with Crippen molar-refractivity contribution in [2.24, 2.45) is 0 Å². The number of nitrogens with zero attached hydrogens (tertiary/aromatic N) is 2. The van der Waals surface area contributed by atoms with Gasteiger partial charge in [-0.05, 0) is 37.1 Å². The molecule has 2 atom stereocenters. The zero-order valence-electron chi connectivity index (χ0n) is 18.0. The van der Waals surface area contributed by atoms with Gasteiger partial charge in [-0.15, -0.1) is 0 Å². The lowest BCUT2D eigenvalue weighted by Crippen LogP contribution is -2.51. The molecule has 9 heteroatoms. The number of carbonyl (C=O) groups is 2. The van der Waals surface area contributed by atoms with Gasteiger partial charge in [0, 0.05) is 45.9 Å². The second-order valence-corrected chi connectivity index (χ2v) is 8.06. The van der Waals surface area contributed by atoms with E-state index in [1.54, 1.807) is 24.5 Å². The van der Waals surface area contributed by atoms with Gasteiger partial charge in [-0.25, -0.2) is 4.39 Å². The number of amides is 2. The minimum Gasteiger partial charge on any atom is -0.468 e. The predicted octanol–water partition coefficient (Wildman–Crippen LogP) is 1.69. The van der Waals surface area contributed by atoms with Crippen LogP contribution in [0.2, 0.25) is 0 Å². The molecule has 1 aromatic heterocycles. The molecule has 172 valence electrons. The summed E-state index contributed by atoms with van der Waals surface area (Å²) in [7, 11) is 0. The molecule has 2 aliphatic rings. The molecular formula is C23H29FN4O4. The molecule has 4 rings (SSSR count). The Morgan fingerprint density at radius 2 is 1.84 bits per heavy atom. The first-order chi connectivity index (χ1) is 15.6. The maximum absolute atomic E-state index is 14.1. The highest BCUT2D eigenvalue weighted by Crippen LogP contribution is 2.25. The van der Waals surface area contributed by atoms with Crippen molar-refractivity contribution in [2.45, 2.75) is 25.0 Å². The molecule has 0 unspecified atom stereocenters. The van der Waals surface area contributed by atoms with Gasteiger partial charge >= 0.3 is 11.8 Å². The predicted molar refractivity (Wildman–Crippen MR) is 117 cm³/mol. The summed E-state index contributed by atoms with van der Waals surface area (Å²) < 4.78 is 25.2. The van der Waals surface area contributed by atoms with E-state index in [9.17, 15) is 14.0 Å². The highest BCUT2D eigenvalue weighted by atomic mass is 19.1. The average molecular weight is 445 g/mol. The molecule has 32 heavy (non-hydrogen) atoms. The van der Waals surface area contributed by atoms with Gasteiger partial charge in [0.2, 0.25) is 0 Å². The van der Waals surface area contributed by atoms with Gasteiger partial charge in [0.1, 0.15) is 11.6 Å². The van der Waals surface area contributed by atoms with Crippen molar-refractivity contribution >= 4 is 17.5 Å². The van der Waals surface area contributed by atoms with Crippen molar-refractivity contribution in [3.8, 4) is 0 Å². The van der Waals surface area contributed by atoms with Gasteiger partial charge in [0.15, 0.2) is 0 Å². The van der Waals surface area contributed by atoms with Crippen LogP contribution in [0.3, 0.4) is 0 Å². The minimum atomic E-state index is -0.676. The van der Waals surface area contributed by atoms with Gasteiger partial charge in [0.25, 0.3) is 0 Å². The third-order valence-corrected chi connectivity index (χ3v) is 6.00. The fourth-order valence-electron chi connectivity index (χ4n) is 4.23. The summed E-state index contributed by atoms with van der Waals surface area (Å²) in [6.07, 6.45) is 3.44. The van der Waals surface area contributed by atoms with E-state index in [0.29, 0.717) is 50.8 Å². The number of halogens is 1. The van der Waals surface area contributed by atoms with E-state index in [1.165, 1.54) is 6.07 Å². The molecule has 0 radical (unpaired) electrons. The number of hydrogen-bond acceptors (Lipinski definition) is 6. The molecule has 1 aromatic carbocycles. The lowest BCUT2D eigenvalue weighted by molar-refractivity contribution is -0.139. The summed E-state index contributed by atoms with van der Waals surface area (Å²) in [6.45, 7) is 3.90. The Hall–Kier alpha value is -2.91. The van der Waals surface area contributed by atoms with E-state index in [0.717, 1.165) is 12.8 Å². The number of ether oxygens (including phenoxy) is 1. The first-order valence-electron chi connectivity index (χ1n) is 11.1. The number of furan rings is 1. The topological polar surface area (TPSA) is 87.0 Å². The largest absolute Gasteiger partial charge is 0.468 e. The molecule has 0 spiro atoms. The molecule has 3 heterocycles. The van der Waals surface area contributed by atoms with Gasteiger partial charge in [-0.2, -0.15) is 0 Å². The number of carbonyl (C=O) groups excluding carboxylic acids is 2.